The molecule has 5 N–H and O–H groups in total. The van der Waals surface area contributed by atoms with Crippen LogP contribution in [0.3, 0.4) is 0 Å². The number of aliphatic hydroxyl groups is 4. The zero-order valence-corrected chi connectivity index (χ0v) is 29.7. The van der Waals surface area contributed by atoms with Crippen molar-refractivity contribution in [1.82, 2.24) is 5.32 Å². The summed E-state index contributed by atoms with van der Waals surface area (Å²) < 4.78 is 18.2. The SMILES string of the molecule is CC(=O)N[C@@H](c1ccccc1)[C@@H](O)C(=O)O[C@H]1C[C@@]2(O)[C@@H](OC(=O)c3ccccc3)C3[C@]4(C)COC4C[C@H](O)[C@@]3(C)C(=O)[C@H](O)C(=C1C)C2(C)C. The lowest BCUT2D eigenvalue weighted by atomic mass is 9.42. The standard InChI is InChI=1S/C39H47NO11/c1-20-24(50-35(47)30(44)28(40-21(2)41)22-13-9-7-10-14-22)18-39(48)33(51-34(46)23-15-11-8-12-16-23)31-37(5)19-49-26(37)17-25(42)38(31,6)32(45)29(43)27(20)36(39,3)4/h7-16,24-26,28-31,33,42-44,48H,17-19H2,1-6H3,(H,40,41)/t24-,25-,26?,28-,29+,30+,31?,33-,37+,38+,39+/m0/s1. The molecule has 51 heavy (non-hydrogen) atoms. The number of hydrogen-bond donors (Lipinski definition) is 5. The van der Waals surface area contributed by atoms with Gasteiger partial charge in [-0.3, -0.25) is 9.59 Å². The molecule has 2 aromatic carbocycles. The fourth-order valence-corrected chi connectivity index (χ4v) is 9.35. The van der Waals surface area contributed by atoms with E-state index in [0.717, 1.165) is 0 Å². The summed E-state index contributed by atoms with van der Waals surface area (Å²) in [5, 5.41) is 50.9. The van der Waals surface area contributed by atoms with Crippen molar-refractivity contribution in [2.45, 2.75) is 103 Å². The number of ketones is 1. The molecule has 2 bridgehead atoms. The highest BCUT2D eigenvalue weighted by molar-refractivity contribution is 5.94. The molecule has 4 aliphatic rings. The summed E-state index contributed by atoms with van der Waals surface area (Å²) in [6.07, 6.45) is -8.65. The minimum atomic E-state index is -2.12. The van der Waals surface area contributed by atoms with E-state index in [9.17, 15) is 39.6 Å². The Morgan fingerprint density at radius 2 is 1.57 bits per heavy atom. The molecular weight excluding hydrogens is 658 g/mol. The number of aliphatic hydroxyl groups excluding tert-OH is 3. The lowest BCUT2D eigenvalue weighted by Gasteiger charge is -2.68. The van der Waals surface area contributed by atoms with E-state index in [2.05, 4.69) is 5.32 Å². The summed E-state index contributed by atoms with van der Waals surface area (Å²) in [7, 11) is 0. The van der Waals surface area contributed by atoms with Crippen molar-refractivity contribution in [1.29, 1.82) is 0 Å². The van der Waals surface area contributed by atoms with Crippen molar-refractivity contribution in [3.05, 3.63) is 82.9 Å². The quantitative estimate of drug-likeness (QED) is 0.210. The van der Waals surface area contributed by atoms with Gasteiger partial charge in [-0.15, -0.1) is 0 Å². The molecule has 11 atom stereocenters. The number of carbonyl (C=O) groups is 4. The molecule has 1 amide bonds. The molecule has 12 heteroatoms. The van der Waals surface area contributed by atoms with Crippen molar-refractivity contribution in [3.63, 3.8) is 0 Å². The number of esters is 2. The molecule has 0 aromatic heterocycles. The van der Waals surface area contributed by atoms with Crippen LogP contribution in [-0.4, -0.2) is 92.9 Å². The second kappa shape index (κ2) is 12.9. The van der Waals surface area contributed by atoms with Crippen LogP contribution in [0.25, 0.3) is 0 Å². The van der Waals surface area contributed by atoms with E-state index >= 15 is 0 Å². The number of benzene rings is 2. The lowest BCUT2D eigenvalue weighted by molar-refractivity contribution is -0.313. The highest BCUT2D eigenvalue weighted by atomic mass is 16.6. The van der Waals surface area contributed by atoms with Gasteiger partial charge in [-0.1, -0.05) is 69.3 Å². The highest BCUT2D eigenvalue weighted by Crippen LogP contribution is 2.65. The fraction of sp³-hybridized carbons (Fsp3) is 0.538. The van der Waals surface area contributed by atoms with Crippen LogP contribution in [0.5, 0.6) is 0 Å². The van der Waals surface area contributed by atoms with Crippen LogP contribution in [0, 0.1) is 22.2 Å². The summed E-state index contributed by atoms with van der Waals surface area (Å²) in [6.45, 7) is 9.64. The van der Waals surface area contributed by atoms with Gasteiger partial charge in [0.2, 0.25) is 5.91 Å². The Bertz CT molecular complexity index is 1740. The number of fused-ring (bicyclic) bond motifs is 5. The zero-order valence-electron chi connectivity index (χ0n) is 29.7. The largest absolute Gasteiger partial charge is 0.456 e. The van der Waals surface area contributed by atoms with E-state index in [1.54, 1.807) is 88.4 Å². The van der Waals surface area contributed by atoms with Crippen molar-refractivity contribution < 1.29 is 53.8 Å². The third-order valence-electron chi connectivity index (χ3n) is 12.4. The van der Waals surface area contributed by atoms with Gasteiger partial charge in [-0.05, 0) is 42.7 Å². The maximum absolute atomic E-state index is 14.7. The molecule has 2 saturated carbocycles. The average Bonchev–Trinajstić information content (AvgIpc) is 3.09. The molecule has 1 saturated heterocycles. The third kappa shape index (κ3) is 5.63. The molecule has 12 nitrogen and oxygen atoms in total. The van der Waals surface area contributed by atoms with Gasteiger partial charge in [-0.25, -0.2) is 9.59 Å². The molecule has 3 fully saturated rings. The lowest BCUT2D eigenvalue weighted by Crippen LogP contribution is -2.77. The maximum Gasteiger partial charge on any atom is 0.338 e. The predicted octanol–water partition coefficient (Wildman–Crippen LogP) is 2.58. The number of hydrogen-bond acceptors (Lipinski definition) is 11. The van der Waals surface area contributed by atoms with E-state index in [1.807, 2.05) is 6.92 Å². The monoisotopic (exact) mass is 705 g/mol. The van der Waals surface area contributed by atoms with Crippen LogP contribution in [0.1, 0.15) is 76.3 Å². The van der Waals surface area contributed by atoms with Crippen molar-refractivity contribution in [3.8, 4) is 0 Å². The number of rotatable bonds is 7. The van der Waals surface area contributed by atoms with Gasteiger partial charge >= 0.3 is 11.9 Å². The number of carbonyl (C=O) groups excluding carboxylic acids is 4. The predicted molar refractivity (Wildman–Crippen MR) is 182 cm³/mol. The molecule has 274 valence electrons. The molecule has 2 aromatic rings. The first kappa shape index (κ1) is 36.8. The van der Waals surface area contributed by atoms with E-state index in [1.165, 1.54) is 6.92 Å². The summed E-state index contributed by atoms with van der Waals surface area (Å²) in [6, 6.07) is 15.4. The first-order valence-corrected chi connectivity index (χ1v) is 17.3. The smallest absolute Gasteiger partial charge is 0.338 e. The minimum Gasteiger partial charge on any atom is -0.456 e. The van der Waals surface area contributed by atoms with Crippen LogP contribution < -0.4 is 5.32 Å². The first-order chi connectivity index (χ1) is 23.9. The van der Waals surface area contributed by atoms with Gasteiger partial charge in [0.15, 0.2) is 11.9 Å². The average molecular weight is 706 g/mol. The fourth-order valence-electron chi connectivity index (χ4n) is 9.35. The van der Waals surface area contributed by atoms with Gasteiger partial charge in [0, 0.05) is 36.5 Å². The molecule has 2 unspecified atom stereocenters. The van der Waals surface area contributed by atoms with Crippen LogP contribution in [0.2, 0.25) is 0 Å². The van der Waals surface area contributed by atoms with Crippen LogP contribution >= 0.6 is 0 Å². The summed E-state index contributed by atoms with van der Waals surface area (Å²) in [5.41, 5.74) is -5.21. The Kier molecular flexibility index (Phi) is 9.34. The van der Waals surface area contributed by atoms with E-state index in [-0.39, 0.29) is 36.2 Å². The van der Waals surface area contributed by atoms with Crippen LogP contribution in [0.4, 0.5) is 0 Å². The van der Waals surface area contributed by atoms with Gasteiger partial charge < -0.3 is 40.0 Å². The normalized spacial score (nSPS) is 36.5. The Labute approximate surface area is 296 Å². The van der Waals surface area contributed by atoms with E-state index < -0.39 is 94.1 Å². The molecule has 3 aliphatic carbocycles. The van der Waals surface area contributed by atoms with Crippen LogP contribution in [0.15, 0.2) is 71.8 Å². The maximum atomic E-state index is 14.7. The topological polar surface area (TPSA) is 189 Å². The summed E-state index contributed by atoms with van der Waals surface area (Å²) in [5.74, 6) is -4.19. The molecular formula is C39H47NO11. The van der Waals surface area contributed by atoms with Crippen LogP contribution in [-0.2, 0) is 28.6 Å². The Morgan fingerprint density at radius 3 is 2.14 bits per heavy atom. The molecule has 1 aliphatic heterocycles. The summed E-state index contributed by atoms with van der Waals surface area (Å²) in [4.78, 5) is 54.5. The second-order valence-electron chi connectivity index (χ2n) is 15.6. The molecule has 0 spiro atoms. The number of Topliss-reactive ketones (excluding diaryl/α,β-unsaturated/α-hetero) is 1. The third-order valence-corrected chi connectivity index (χ3v) is 12.4. The minimum absolute atomic E-state index is 0.0554. The Morgan fingerprint density at radius 1 is 0.961 bits per heavy atom. The highest BCUT2D eigenvalue weighted by Gasteiger charge is 2.75. The first-order valence-electron chi connectivity index (χ1n) is 17.3. The van der Waals surface area contributed by atoms with E-state index in [4.69, 9.17) is 14.2 Å². The van der Waals surface area contributed by atoms with Crippen molar-refractivity contribution in [2.24, 2.45) is 22.2 Å². The zero-order chi connectivity index (χ0) is 37.3. The Balaban J connectivity index is 1.48. The van der Waals surface area contributed by atoms with Crippen molar-refractivity contribution >= 4 is 23.6 Å². The number of ether oxygens (including phenoxy) is 3. The molecule has 1 heterocycles. The van der Waals surface area contributed by atoms with Gasteiger partial charge in [0.25, 0.3) is 0 Å². The van der Waals surface area contributed by atoms with E-state index in [0.29, 0.717) is 5.56 Å². The van der Waals surface area contributed by atoms with Gasteiger partial charge in [0.05, 0.1) is 35.8 Å². The van der Waals surface area contributed by atoms with Crippen molar-refractivity contribution in [2.75, 3.05) is 6.61 Å². The number of amides is 1. The Hall–Kier alpha value is -3.94. The molecule has 6 rings (SSSR count). The number of nitrogens with one attached hydrogen (secondary N) is 1. The van der Waals surface area contributed by atoms with Gasteiger partial charge in [0.1, 0.15) is 23.9 Å². The summed E-state index contributed by atoms with van der Waals surface area (Å²) >= 11 is 0. The molecule has 0 radical (unpaired) electrons. The van der Waals surface area contributed by atoms with Gasteiger partial charge in [-0.2, -0.15) is 0 Å². The second-order valence-corrected chi connectivity index (χ2v) is 15.6.